The Kier molecular flexibility index (Phi) is 8.21. The maximum absolute atomic E-state index is 14.3. The Morgan fingerprint density at radius 3 is 2.55 bits per heavy atom. The smallest absolute Gasteiger partial charge is 0.434 e. The molecule has 2 aliphatic rings. The van der Waals surface area contributed by atoms with Crippen molar-refractivity contribution in [2.75, 3.05) is 37.8 Å². The molecule has 5 rings (SSSR count). The molecule has 0 saturated carbocycles. The number of esters is 1. The standard InChI is InChI=1S/C27H22ClF3N4O6S/c1-2-41-25(37)21-22(15-3-5-17(28)6-4-15)34-24(36)20(42-26(34)32-23(21)27(29,30)31)14-16-13-18(35(38)39)7-8-19(16)33-9-11-40-12-10-33/h3-8,13-14,22H,2,9-12H2,1H3/b20-14-/t22-/m0/s1. The van der Waals surface area contributed by atoms with Crippen molar-refractivity contribution in [3.05, 3.63) is 99.7 Å². The van der Waals surface area contributed by atoms with Crippen molar-refractivity contribution in [3.8, 4) is 0 Å². The molecular formula is C27H22ClF3N4O6S. The number of aromatic nitrogens is 1. The molecule has 2 aromatic carbocycles. The number of hydrogen-bond donors (Lipinski definition) is 0. The van der Waals surface area contributed by atoms with E-state index in [0.717, 1.165) is 4.57 Å². The number of non-ortho nitro benzene ring substituents is 1. The fourth-order valence-electron chi connectivity index (χ4n) is 4.81. The molecule has 0 bridgehead atoms. The summed E-state index contributed by atoms with van der Waals surface area (Å²) in [5.74, 6) is -1.27. The van der Waals surface area contributed by atoms with Crippen molar-refractivity contribution >= 4 is 46.4 Å². The van der Waals surface area contributed by atoms with E-state index in [4.69, 9.17) is 21.1 Å². The molecule has 15 heteroatoms. The molecule has 3 aromatic rings. The molecular weight excluding hydrogens is 601 g/mol. The number of allylic oxidation sites excluding steroid dienone is 1. The van der Waals surface area contributed by atoms with Crippen LogP contribution >= 0.6 is 22.9 Å². The van der Waals surface area contributed by atoms with E-state index in [1.807, 2.05) is 4.90 Å². The van der Waals surface area contributed by atoms with E-state index in [-0.39, 0.29) is 27.2 Å². The van der Waals surface area contributed by atoms with E-state index in [1.165, 1.54) is 49.4 Å². The zero-order valence-electron chi connectivity index (χ0n) is 21.9. The Morgan fingerprint density at radius 2 is 1.93 bits per heavy atom. The summed E-state index contributed by atoms with van der Waals surface area (Å²) < 4.78 is 54.3. The number of thiazole rings is 1. The Balaban J connectivity index is 1.78. The van der Waals surface area contributed by atoms with Crippen molar-refractivity contribution in [3.63, 3.8) is 0 Å². The van der Waals surface area contributed by atoms with E-state index < -0.39 is 39.9 Å². The fraction of sp³-hybridized carbons (Fsp3) is 0.296. The normalized spacial score (nSPS) is 17.6. The Bertz CT molecular complexity index is 1760. The number of nitro groups is 1. The van der Waals surface area contributed by atoms with Gasteiger partial charge in [0.2, 0.25) is 0 Å². The van der Waals surface area contributed by atoms with Crippen molar-refractivity contribution in [2.45, 2.75) is 19.1 Å². The van der Waals surface area contributed by atoms with E-state index in [9.17, 15) is 32.9 Å². The third kappa shape index (κ3) is 5.69. The molecule has 2 aliphatic heterocycles. The molecule has 1 fully saturated rings. The number of morpholine rings is 1. The van der Waals surface area contributed by atoms with E-state index >= 15 is 0 Å². The fourth-order valence-corrected chi connectivity index (χ4v) is 5.92. The highest BCUT2D eigenvalue weighted by molar-refractivity contribution is 7.07. The number of carbonyl (C=O) groups is 1. The molecule has 1 aromatic heterocycles. The second kappa shape index (κ2) is 11.7. The van der Waals surface area contributed by atoms with Crippen LogP contribution in [0, 0.1) is 10.1 Å². The number of halogens is 4. The Hall–Kier alpha value is -4.01. The average Bonchev–Trinajstić information content (AvgIpc) is 3.27. The zero-order chi connectivity index (χ0) is 30.2. The van der Waals surface area contributed by atoms with Crippen molar-refractivity contribution in [1.29, 1.82) is 0 Å². The summed E-state index contributed by atoms with van der Waals surface area (Å²) >= 11 is 6.68. The van der Waals surface area contributed by atoms with Crippen LogP contribution in [0.1, 0.15) is 24.1 Å². The highest BCUT2D eigenvalue weighted by atomic mass is 35.5. The van der Waals surface area contributed by atoms with Crippen LogP contribution in [0.15, 0.2) is 63.5 Å². The minimum atomic E-state index is -5.05. The number of nitrogens with zero attached hydrogens (tertiary/aromatic N) is 4. The summed E-state index contributed by atoms with van der Waals surface area (Å²) in [6.07, 6.45) is -3.66. The van der Waals surface area contributed by atoms with Crippen LogP contribution in [0.4, 0.5) is 24.5 Å². The molecule has 10 nitrogen and oxygen atoms in total. The van der Waals surface area contributed by atoms with Crippen LogP contribution in [-0.4, -0.2) is 54.5 Å². The van der Waals surface area contributed by atoms with Gasteiger partial charge in [0.25, 0.3) is 11.2 Å². The molecule has 1 atom stereocenters. The lowest BCUT2D eigenvalue weighted by Crippen LogP contribution is -2.41. The van der Waals surface area contributed by atoms with Crippen LogP contribution in [-0.2, 0) is 14.3 Å². The van der Waals surface area contributed by atoms with Crippen LogP contribution < -0.4 is 19.8 Å². The first-order chi connectivity index (χ1) is 20.0. The molecule has 0 aliphatic carbocycles. The molecule has 0 amide bonds. The number of hydrogen-bond acceptors (Lipinski definition) is 9. The van der Waals surface area contributed by atoms with Gasteiger partial charge in [0, 0.05) is 41.5 Å². The van der Waals surface area contributed by atoms with Gasteiger partial charge in [-0.3, -0.25) is 19.5 Å². The molecule has 1 saturated heterocycles. The van der Waals surface area contributed by atoms with Crippen LogP contribution in [0.2, 0.25) is 5.02 Å². The van der Waals surface area contributed by atoms with Gasteiger partial charge >= 0.3 is 12.1 Å². The number of ether oxygens (including phenoxy) is 2. The van der Waals surface area contributed by atoms with E-state index in [0.29, 0.717) is 53.9 Å². The molecule has 3 heterocycles. The third-order valence-electron chi connectivity index (χ3n) is 6.64. The second-order valence-electron chi connectivity index (χ2n) is 9.21. The van der Waals surface area contributed by atoms with Gasteiger partial charge in [-0.05, 0) is 36.8 Å². The number of anilines is 1. The molecule has 0 radical (unpaired) electrons. The SMILES string of the molecule is CCOC(=O)C1=C(C(F)(F)F)N=c2s/c(=C\c3cc([N+](=O)[O-])ccc3N3CCOCC3)c(=O)n2[C@H]1c1ccc(Cl)cc1. The summed E-state index contributed by atoms with van der Waals surface area (Å²) in [6, 6.07) is 8.36. The van der Waals surface area contributed by atoms with Gasteiger partial charge in [-0.1, -0.05) is 35.1 Å². The molecule has 0 unspecified atom stereocenters. The van der Waals surface area contributed by atoms with Crippen LogP contribution in [0.25, 0.3) is 6.08 Å². The van der Waals surface area contributed by atoms with Gasteiger partial charge in [-0.15, -0.1) is 0 Å². The van der Waals surface area contributed by atoms with Gasteiger partial charge in [-0.2, -0.15) is 13.2 Å². The monoisotopic (exact) mass is 622 g/mol. The van der Waals surface area contributed by atoms with Gasteiger partial charge in [0.15, 0.2) is 10.5 Å². The maximum atomic E-state index is 14.3. The highest BCUT2D eigenvalue weighted by Gasteiger charge is 2.45. The predicted molar refractivity (Wildman–Crippen MR) is 148 cm³/mol. The average molecular weight is 623 g/mol. The lowest BCUT2D eigenvalue weighted by Gasteiger charge is -2.30. The number of fused-ring (bicyclic) bond motifs is 1. The van der Waals surface area contributed by atoms with E-state index in [1.54, 1.807) is 6.07 Å². The summed E-state index contributed by atoms with van der Waals surface area (Å²) in [6.45, 7) is 3.08. The molecule has 0 spiro atoms. The van der Waals surface area contributed by atoms with Gasteiger partial charge in [0.05, 0.1) is 40.9 Å². The summed E-state index contributed by atoms with van der Waals surface area (Å²) in [7, 11) is 0. The third-order valence-corrected chi connectivity index (χ3v) is 7.88. The largest absolute Gasteiger partial charge is 0.463 e. The van der Waals surface area contributed by atoms with E-state index in [2.05, 4.69) is 4.99 Å². The van der Waals surface area contributed by atoms with Crippen molar-refractivity contribution < 1.29 is 32.4 Å². The summed E-state index contributed by atoms with van der Waals surface area (Å²) in [5.41, 5.74) is -2.19. The lowest BCUT2D eigenvalue weighted by atomic mass is 9.95. The van der Waals surface area contributed by atoms with Crippen molar-refractivity contribution in [1.82, 2.24) is 4.57 Å². The van der Waals surface area contributed by atoms with Crippen LogP contribution in [0.3, 0.4) is 0 Å². The van der Waals surface area contributed by atoms with Gasteiger partial charge in [-0.25, -0.2) is 9.79 Å². The second-order valence-corrected chi connectivity index (χ2v) is 10.7. The minimum absolute atomic E-state index is 0.0330. The summed E-state index contributed by atoms with van der Waals surface area (Å²) in [5, 5.41) is 11.8. The lowest BCUT2D eigenvalue weighted by molar-refractivity contribution is -0.384. The quantitative estimate of drug-likeness (QED) is 0.234. The topological polar surface area (TPSA) is 116 Å². The summed E-state index contributed by atoms with van der Waals surface area (Å²) in [4.78, 5) is 43.2. The Morgan fingerprint density at radius 1 is 1.24 bits per heavy atom. The van der Waals surface area contributed by atoms with Gasteiger partial charge in [0.1, 0.15) is 0 Å². The highest BCUT2D eigenvalue weighted by Crippen LogP contribution is 2.38. The van der Waals surface area contributed by atoms with Crippen molar-refractivity contribution in [2.24, 2.45) is 4.99 Å². The number of benzene rings is 2. The molecule has 0 N–H and O–H groups in total. The first-order valence-corrected chi connectivity index (χ1v) is 13.9. The number of carbonyl (C=O) groups excluding carboxylic acids is 1. The zero-order valence-corrected chi connectivity index (χ0v) is 23.5. The predicted octanol–water partition coefficient (Wildman–Crippen LogP) is 3.74. The number of rotatable bonds is 6. The Labute approximate surface area is 244 Å². The molecule has 42 heavy (non-hydrogen) atoms. The maximum Gasteiger partial charge on any atom is 0.434 e. The number of alkyl halides is 3. The van der Waals surface area contributed by atoms with Gasteiger partial charge < -0.3 is 14.4 Å². The first kappa shape index (κ1) is 29.5. The first-order valence-electron chi connectivity index (χ1n) is 12.7. The number of nitro benzene ring substituents is 1. The molecule has 220 valence electrons. The minimum Gasteiger partial charge on any atom is -0.463 e. The van der Waals surface area contributed by atoms with Crippen LogP contribution in [0.5, 0.6) is 0 Å².